The summed E-state index contributed by atoms with van der Waals surface area (Å²) >= 11 is 0. The molecule has 2 aromatic carbocycles. The van der Waals surface area contributed by atoms with Gasteiger partial charge in [0.1, 0.15) is 0 Å². The Bertz CT molecular complexity index is 619. The largest absolute Gasteiger partial charge is 0.416 e. The van der Waals surface area contributed by atoms with Crippen molar-refractivity contribution in [2.75, 3.05) is 6.54 Å². The van der Waals surface area contributed by atoms with Crippen molar-refractivity contribution >= 4 is 0 Å². The fourth-order valence-corrected chi connectivity index (χ4v) is 2.73. The maximum atomic E-state index is 12.8. The molecule has 0 bridgehead atoms. The monoisotopic (exact) mass is 277 g/mol. The molecule has 0 saturated carbocycles. The highest BCUT2D eigenvalue weighted by molar-refractivity contribution is 5.41. The third-order valence-electron chi connectivity index (χ3n) is 3.71. The standard InChI is InChI=1S/C16H14F3N/c17-16(18,19)13-6-3-5-11(8-13)15-10-20-9-12-4-1-2-7-14(12)15/h1-8,15,20H,9-10H2. The molecular weight excluding hydrogens is 263 g/mol. The molecule has 20 heavy (non-hydrogen) atoms. The molecule has 104 valence electrons. The number of rotatable bonds is 1. The van der Waals surface area contributed by atoms with Gasteiger partial charge in [-0.15, -0.1) is 0 Å². The molecule has 0 fully saturated rings. The van der Waals surface area contributed by atoms with Crippen molar-refractivity contribution in [1.82, 2.24) is 5.32 Å². The van der Waals surface area contributed by atoms with Gasteiger partial charge in [0.25, 0.3) is 0 Å². The van der Waals surface area contributed by atoms with Crippen molar-refractivity contribution < 1.29 is 13.2 Å². The summed E-state index contributed by atoms with van der Waals surface area (Å²) in [4.78, 5) is 0. The Morgan fingerprint density at radius 2 is 1.80 bits per heavy atom. The van der Waals surface area contributed by atoms with Crippen molar-refractivity contribution in [2.24, 2.45) is 0 Å². The van der Waals surface area contributed by atoms with E-state index < -0.39 is 11.7 Å². The molecule has 1 unspecified atom stereocenters. The number of hydrogen-bond acceptors (Lipinski definition) is 1. The molecule has 0 spiro atoms. The van der Waals surface area contributed by atoms with Gasteiger partial charge in [0.15, 0.2) is 0 Å². The van der Waals surface area contributed by atoms with Gasteiger partial charge in [-0.3, -0.25) is 0 Å². The van der Waals surface area contributed by atoms with Gasteiger partial charge in [-0.1, -0.05) is 42.5 Å². The molecule has 0 aromatic heterocycles. The van der Waals surface area contributed by atoms with E-state index >= 15 is 0 Å². The van der Waals surface area contributed by atoms with E-state index in [-0.39, 0.29) is 5.92 Å². The molecule has 1 aliphatic rings. The molecule has 0 radical (unpaired) electrons. The zero-order valence-corrected chi connectivity index (χ0v) is 10.7. The van der Waals surface area contributed by atoms with Gasteiger partial charge in [-0.05, 0) is 22.8 Å². The first-order valence-corrected chi connectivity index (χ1v) is 6.51. The van der Waals surface area contributed by atoms with Crippen molar-refractivity contribution in [3.8, 4) is 0 Å². The molecule has 1 nitrogen and oxygen atoms in total. The van der Waals surface area contributed by atoms with Gasteiger partial charge in [0, 0.05) is 19.0 Å². The molecule has 0 saturated heterocycles. The molecule has 1 N–H and O–H groups in total. The van der Waals surface area contributed by atoms with Gasteiger partial charge >= 0.3 is 6.18 Å². The highest BCUT2D eigenvalue weighted by Crippen LogP contribution is 2.34. The normalized spacial score (nSPS) is 18.6. The smallest absolute Gasteiger partial charge is 0.312 e. The minimum Gasteiger partial charge on any atom is -0.312 e. The minimum atomic E-state index is -4.29. The highest BCUT2D eigenvalue weighted by atomic mass is 19.4. The summed E-state index contributed by atoms with van der Waals surface area (Å²) in [7, 11) is 0. The van der Waals surface area contributed by atoms with Crippen molar-refractivity contribution in [3.05, 3.63) is 70.8 Å². The summed E-state index contributed by atoms with van der Waals surface area (Å²) in [6, 6.07) is 13.5. The SMILES string of the molecule is FC(F)(F)c1cccc(C2CNCc3ccccc32)c1. The van der Waals surface area contributed by atoms with Gasteiger partial charge in [-0.2, -0.15) is 13.2 Å². The Labute approximate surface area is 115 Å². The first-order valence-electron chi connectivity index (χ1n) is 6.51. The molecular formula is C16H14F3N. The predicted octanol–water partition coefficient (Wildman–Crippen LogP) is 3.94. The second-order valence-corrected chi connectivity index (χ2v) is 5.01. The van der Waals surface area contributed by atoms with Crippen LogP contribution in [0.2, 0.25) is 0 Å². The number of halogens is 3. The van der Waals surface area contributed by atoms with Gasteiger partial charge in [0.05, 0.1) is 5.56 Å². The second-order valence-electron chi connectivity index (χ2n) is 5.01. The lowest BCUT2D eigenvalue weighted by Crippen LogP contribution is -2.28. The minimum absolute atomic E-state index is 0.0257. The summed E-state index contributed by atoms with van der Waals surface area (Å²) in [5.74, 6) is -0.0257. The first-order chi connectivity index (χ1) is 9.55. The van der Waals surface area contributed by atoms with Crippen LogP contribution in [0, 0.1) is 0 Å². The van der Waals surface area contributed by atoms with Crippen LogP contribution in [0.5, 0.6) is 0 Å². The maximum absolute atomic E-state index is 12.8. The average Bonchev–Trinajstić information content (AvgIpc) is 2.46. The maximum Gasteiger partial charge on any atom is 0.416 e. The fourth-order valence-electron chi connectivity index (χ4n) is 2.73. The number of nitrogens with one attached hydrogen (secondary N) is 1. The van der Waals surface area contributed by atoms with E-state index in [4.69, 9.17) is 0 Å². The Balaban J connectivity index is 2.03. The molecule has 1 atom stereocenters. The zero-order chi connectivity index (χ0) is 14.2. The number of fused-ring (bicyclic) bond motifs is 1. The molecule has 0 amide bonds. The zero-order valence-electron chi connectivity index (χ0n) is 10.7. The second kappa shape index (κ2) is 4.94. The van der Waals surface area contributed by atoms with E-state index in [1.807, 2.05) is 24.3 Å². The summed E-state index contributed by atoms with van der Waals surface area (Å²) < 4.78 is 38.4. The molecule has 2 aromatic rings. The third kappa shape index (κ3) is 2.43. The fraction of sp³-hybridized carbons (Fsp3) is 0.250. The van der Waals surface area contributed by atoms with E-state index in [1.54, 1.807) is 6.07 Å². The van der Waals surface area contributed by atoms with Crippen LogP contribution in [0.15, 0.2) is 48.5 Å². The van der Waals surface area contributed by atoms with Crippen LogP contribution in [0.3, 0.4) is 0 Å². The number of benzene rings is 2. The Hall–Kier alpha value is -1.81. The van der Waals surface area contributed by atoms with Crippen LogP contribution in [-0.4, -0.2) is 6.54 Å². The Kier molecular flexibility index (Phi) is 3.26. The topological polar surface area (TPSA) is 12.0 Å². The lowest BCUT2D eigenvalue weighted by Gasteiger charge is -2.27. The van der Waals surface area contributed by atoms with Crippen LogP contribution >= 0.6 is 0 Å². The van der Waals surface area contributed by atoms with Crippen LogP contribution in [0.25, 0.3) is 0 Å². The van der Waals surface area contributed by atoms with E-state index in [9.17, 15) is 13.2 Å². The average molecular weight is 277 g/mol. The third-order valence-corrected chi connectivity index (χ3v) is 3.71. The first kappa shape index (κ1) is 13.2. The summed E-state index contributed by atoms with van der Waals surface area (Å²) in [6.45, 7) is 1.43. The van der Waals surface area contributed by atoms with Crippen molar-refractivity contribution in [2.45, 2.75) is 18.6 Å². The number of alkyl halides is 3. The predicted molar refractivity (Wildman–Crippen MR) is 71.4 cm³/mol. The van der Waals surface area contributed by atoms with Crippen LogP contribution < -0.4 is 5.32 Å². The van der Waals surface area contributed by atoms with Crippen LogP contribution in [0.1, 0.15) is 28.2 Å². The van der Waals surface area contributed by atoms with E-state index in [1.165, 1.54) is 12.1 Å². The summed E-state index contributed by atoms with van der Waals surface area (Å²) in [5.41, 5.74) is 2.39. The molecule has 1 heterocycles. The van der Waals surface area contributed by atoms with E-state index in [2.05, 4.69) is 5.32 Å². The quantitative estimate of drug-likeness (QED) is 0.832. The van der Waals surface area contributed by atoms with Crippen molar-refractivity contribution in [1.29, 1.82) is 0 Å². The summed E-state index contributed by atoms with van der Waals surface area (Å²) in [5, 5.41) is 3.27. The molecule has 3 rings (SSSR count). The van der Waals surface area contributed by atoms with Crippen molar-refractivity contribution in [3.63, 3.8) is 0 Å². The highest BCUT2D eigenvalue weighted by Gasteiger charge is 2.31. The molecule has 4 heteroatoms. The van der Waals surface area contributed by atoms with E-state index in [0.717, 1.165) is 23.7 Å². The molecule has 0 aliphatic carbocycles. The summed E-state index contributed by atoms with van der Waals surface area (Å²) in [6.07, 6.45) is -4.29. The van der Waals surface area contributed by atoms with Gasteiger partial charge in [-0.25, -0.2) is 0 Å². The van der Waals surface area contributed by atoms with Gasteiger partial charge < -0.3 is 5.32 Å². The van der Waals surface area contributed by atoms with E-state index in [0.29, 0.717) is 12.1 Å². The lowest BCUT2D eigenvalue weighted by molar-refractivity contribution is -0.137. The Morgan fingerprint density at radius 1 is 1.00 bits per heavy atom. The molecule has 1 aliphatic heterocycles. The van der Waals surface area contributed by atoms with Crippen LogP contribution in [-0.2, 0) is 12.7 Å². The van der Waals surface area contributed by atoms with Crippen LogP contribution in [0.4, 0.5) is 13.2 Å². The Morgan fingerprint density at radius 3 is 2.60 bits per heavy atom. The number of hydrogen-bond donors (Lipinski definition) is 1. The lowest BCUT2D eigenvalue weighted by atomic mass is 9.85. The van der Waals surface area contributed by atoms with Gasteiger partial charge in [0.2, 0.25) is 0 Å².